The Morgan fingerprint density at radius 2 is 1.71 bits per heavy atom. The number of rotatable bonds is 4. The largest absolute Gasteiger partial charge is 0.326 e. The lowest BCUT2D eigenvalue weighted by atomic mass is 10.2. The number of carbonyl (C=O) groups excluding carboxylic acids is 1. The number of hydrogen-bond acceptors (Lipinski definition) is 5. The van der Waals surface area contributed by atoms with Gasteiger partial charge in [0.2, 0.25) is 0 Å². The van der Waals surface area contributed by atoms with E-state index in [1.54, 1.807) is 18.5 Å². The van der Waals surface area contributed by atoms with Crippen LogP contribution in [0.1, 0.15) is 19.9 Å². The van der Waals surface area contributed by atoms with Gasteiger partial charge in [-0.05, 0) is 44.2 Å². The van der Waals surface area contributed by atoms with E-state index < -0.39 is 6.03 Å². The Hall–Kier alpha value is -3.81. The highest BCUT2D eigenvalue weighted by atomic mass is 16.2. The van der Waals surface area contributed by atoms with Crippen molar-refractivity contribution >= 4 is 28.6 Å². The lowest BCUT2D eigenvalue weighted by Crippen LogP contribution is -2.20. The number of amides is 2. The Labute approximate surface area is 161 Å². The maximum Gasteiger partial charge on any atom is 0.326 e. The topological polar surface area (TPSA) is 97.6 Å². The van der Waals surface area contributed by atoms with Crippen LogP contribution in [0.25, 0.3) is 22.4 Å². The molecule has 2 amide bonds. The lowest BCUT2D eigenvalue weighted by Gasteiger charge is -2.11. The fourth-order valence-electron chi connectivity index (χ4n) is 2.83. The van der Waals surface area contributed by atoms with Crippen molar-refractivity contribution in [2.45, 2.75) is 19.9 Å². The van der Waals surface area contributed by atoms with Crippen LogP contribution in [0.5, 0.6) is 0 Å². The van der Waals surface area contributed by atoms with E-state index in [2.05, 4.69) is 30.8 Å². The molecule has 0 spiro atoms. The third-order valence-electron chi connectivity index (χ3n) is 4.19. The molecule has 0 atom stereocenters. The van der Waals surface area contributed by atoms with Crippen LogP contribution in [0, 0.1) is 0 Å². The van der Waals surface area contributed by atoms with Crippen LogP contribution in [0.4, 0.5) is 16.4 Å². The molecule has 1 aromatic carbocycles. The van der Waals surface area contributed by atoms with Crippen LogP contribution >= 0.6 is 0 Å². The first kappa shape index (κ1) is 17.6. The number of fused-ring (bicyclic) bond motifs is 1. The Morgan fingerprint density at radius 1 is 0.929 bits per heavy atom. The summed E-state index contributed by atoms with van der Waals surface area (Å²) in [4.78, 5) is 21.3. The second-order valence-electron chi connectivity index (χ2n) is 6.53. The maximum atomic E-state index is 12.4. The monoisotopic (exact) mass is 373 g/mol. The highest BCUT2D eigenvalue weighted by Gasteiger charge is 2.12. The SMILES string of the molecule is CC(C)n1cnnc1-c1cccc(NC(=O)Nc2ccc3ccccc3n2)n1. The van der Waals surface area contributed by atoms with Crippen molar-refractivity contribution in [3.63, 3.8) is 0 Å². The molecule has 0 aliphatic rings. The Kier molecular flexibility index (Phi) is 4.67. The van der Waals surface area contributed by atoms with Crippen LogP contribution in [-0.4, -0.2) is 30.8 Å². The van der Waals surface area contributed by atoms with Gasteiger partial charge in [0.15, 0.2) is 5.82 Å². The second-order valence-corrected chi connectivity index (χ2v) is 6.53. The van der Waals surface area contributed by atoms with Crippen LogP contribution in [0.15, 0.2) is 60.9 Å². The van der Waals surface area contributed by atoms with Gasteiger partial charge >= 0.3 is 6.03 Å². The van der Waals surface area contributed by atoms with Crippen LogP contribution in [0.3, 0.4) is 0 Å². The summed E-state index contributed by atoms with van der Waals surface area (Å²) in [5, 5.41) is 14.6. The van der Waals surface area contributed by atoms with Crippen molar-refractivity contribution in [2.24, 2.45) is 0 Å². The molecular weight excluding hydrogens is 354 g/mol. The minimum Gasteiger partial charge on any atom is -0.310 e. The fraction of sp³-hybridized carbons (Fsp3) is 0.150. The zero-order valence-electron chi connectivity index (χ0n) is 15.5. The van der Waals surface area contributed by atoms with Crippen LogP contribution < -0.4 is 10.6 Å². The van der Waals surface area contributed by atoms with Crippen LogP contribution in [0.2, 0.25) is 0 Å². The van der Waals surface area contributed by atoms with Gasteiger partial charge in [-0.3, -0.25) is 10.6 Å². The van der Waals surface area contributed by atoms with Crippen LogP contribution in [-0.2, 0) is 0 Å². The van der Waals surface area contributed by atoms with Gasteiger partial charge in [-0.2, -0.15) is 0 Å². The molecule has 3 heterocycles. The molecule has 0 radical (unpaired) electrons. The van der Waals surface area contributed by atoms with Gasteiger partial charge in [-0.15, -0.1) is 10.2 Å². The molecule has 28 heavy (non-hydrogen) atoms. The number of aromatic nitrogens is 5. The third kappa shape index (κ3) is 3.66. The summed E-state index contributed by atoms with van der Waals surface area (Å²) in [5.41, 5.74) is 1.45. The van der Waals surface area contributed by atoms with E-state index >= 15 is 0 Å². The molecule has 0 saturated heterocycles. The Bertz CT molecular complexity index is 1140. The highest BCUT2D eigenvalue weighted by molar-refractivity contribution is 5.99. The first-order valence-electron chi connectivity index (χ1n) is 8.91. The summed E-state index contributed by atoms with van der Waals surface area (Å²) in [6, 6.07) is 16.5. The van der Waals surface area contributed by atoms with Gasteiger partial charge in [0.25, 0.3) is 0 Å². The molecular formula is C20H19N7O. The normalized spacial score (nSPS) is 11.0. The van der Waals surface area contributed by atoms with Gasteiger partial charge < -0.3 is 4.57 Å². The number of pyridine rings is 2. The Morgan fingerprint density at radius 3 is 2.54 bits per heavy atom. The van der Waals surface area contributed by atoms with Crippen molar-refractivity contribution in [2.75, 3.05) is 10.6 Å². The maximum absolute atomic E-state index is 12.4. The third-order valence-corrected chi connectivity index (χ3v) is 4.19. The van der Waals surface area contributed by atoms with E-state index in [-0.39, 0.29) is 6.04 Å². The number of nitrogens with one attached hydrogen (secondary N) is 2. The molecule has 8 nitrogen and oxygen atoms in total. The van der Waals surface area contributed by atoms with Gasteiger partial charge in [0.05, 0.1) is 5.52 Å². The molecule has 2 N–H and O–H groups in total. The van der Waals surface area contributed by atoms with Crippen molar-refractivity contribution in [1.82, 2.24) is 24.7 Å². The minimum atomic E-state index is -0.419. The van der Waals surface area contributed by atoms with E-state index in [1.165, 1.54) is 0 Å². The Balaban J connectivity index is 1.50. The molecule has 4 rings (SSSR count). The average molecular weight is 373 g/mol. The zero-order valence-corrected chi connectivity index (χ0v) is 15.5. The van der Waals surface area contributed by atoms with E-state index in [0.29, 0.717) is 23.2 Å². The molecule has 0 aliphatic heterocycles. The first-order valence-corrected chi connectivity index (χ1v) is 8.91. The fourth-order valence-corrected chi connectivity index (χ4v) is 2.83. The summed E-state index contributed by atoms with van der Waals surface area (Å²) < 4.78 is 1.92. The molecule has 0 unspecified atom stereocenters. The van der Waals surface area contributed by atoms with Gasteiger partial charge in [0.1, 0.15) is 23.7 Å². The van der Waals surface area contributed by atoms with Crippen molar-refractivity contribution in [3.05, 3.63) is 60.9 Å². The van der Waals surface area contributed by atoms with Crippen molar-refractivity contribution in [3.8, 4) is 11.5 Å². The number of carbonyl (C=O) groups is 1. The predicted octanol–water partition coefficient (Wildman–Crippen LogP) is 4.11. The second kappa shape index (κ2) is 7.43. The van der Waals surface area contributed by atoms with Crippen molar-refractivity contribution < 1.29 is 4.79 Å². The molecule has 0 fully saturated rings. The number of benzene rings is 1. The molecule has 0 saturated carbocycles. The average Bonchev–Trinajstić information content (AvgIpc) is 3.18. The summed E-state index contributed by atoms with van der Waals surface area (Å²) in [7, 11) is 0. The standard InChI is InChI=1S/C20H19N7O/c1-13(2)27-12-21-26-19(27)16-8-5-9-17(23-16)24-20(28)25-18-11-10-14-6-3-4-7-15(14)22-18/h3-13H,1-2H3,(H2,22,23,24,25,28). The summed E-state index contributed by atoms with van der Waals surface area (Å²) >= 11 is 0. The number of hydrogen-bond donors (Lipinski definition) is 2. The molecule has 0 bridgehead atoms. The number of urea groups is 1. The van der Waals surface area contributed by atoms with Gasteiger partial charge in [0, 0.05) is 11.4 Å². The zero-order chi connectivity index (χ0) is 19.5. The summed E-state index contributed by atoms with van der Waals surface area (Å²) in [6.45, 7) is 4.08. The van der Waals surface area contributed by atoms with Gasteiger partial charge in [-0.25, -0.2) is 14.8 Å². The van der Waals surface area contributed by atoms with E-state index in [0.717, 1.165) is 10.9 Å². The number of anilines is 2. The smallest absolute Gasteiger partial charge is 0.310 e. The highest BCUT2D eigenvalue weighted by Crippen LogP contribution is 2.20. The molecule has 8 heteroatoms. The first-order chi connectivity index (χ1) is 13.6. The van der Waals surface area contributed by atoms with E-state index in [1.807, 2.05) is 60.9 Å². The van der Waals surface area contributed by atoms with Gasteiger partial charge in [-0.1, -0.05) is 24.3 Å². The lowest BCUT2D eigenvalue weighted by molar-refractivity contribution is 0.262. The number of nitrogens with zero attached hydrogens (tertiary/aromatic N) is 5. The van der Waals surface area contributed by atoms with E-state index in [4.69, 9.17) is 0 Å². The summed E-state index contributed by atoms with van der Waals surface area (Å²) in [6.07, 6.45) is 1.67. The quantitative estimate of drug-likeness (QED) is 0.561. The minimum absolute atomic E-state index is 0.200. The molecule has 4 aromatic rings. The molecule has 140 valence electrons. The van der Waals surface area contributed by atoms with Crippen molar-refractivity contribution in [1.29, 1.82) is 0 Å². The molecule has 3 aromatic heterocycles. The number of para-hydroxylation sites is 1. The van der Waals surface area contributed by atoms with E-state index in [9.17, 15) is 4.79 Å². The predicted molar refractivity (Wildman–Crippen MR) is 108 cm³/mol. The summed E-state index contributed by atoms with van der Waals surface area (Å²) in [5.74, 6) is 1.52. The molecule has 0 aliphatic carbocycles.